The number of rotatable bonds is 6. The first-order chi connectivity index (χ1) is 10.7. The number of thioether (sulfide) groups is 1. The molecule has 1 aromatic heterocycles. The molecule has 0 saturated carbocycles. The third-order valence-corrected chi connectivity index (χ3v) is 3.77. The average molecular weight is 316 g/mol. The second-order valence-electron chi connectivity index (χ2n) is 4.35. The first-order valence-electron chi connectivity index (χ1n) is 6.71. The van der Waals surface area contributed by atoms with Crippen LogP contribution < -0.4 is 5.32 Å². The molecule has 2 aromatic rings. The topological polar surface area (TPSA) is 68.3 Å². The molecule has 5 nitrogen and oxygen atoms in total. The van der Waals surface area contributed by atoms with Gasteiger partial charge in [-0.15, -0.1) is 11.8 Å². The normalized spacial score (nSPS) is 10.0. The largest absolute Gasteiger partial charge is 0.465 e. The van der Waals surface area contributed by atoms with Gasteiger partial charge in [-0.3, -0.25) is 4.79 Å². The number of hydrogen-bond donors (Lipinski definition) is 1. The number of carbonyl (C=O) groups is 2. The zero-order valence-corrected chi connectivity index (χ0v) is 12.9. The number of ether oxygens (including phenoxy) is 1. The lowest BCUT2D eigenvalue weighted by atomic mass is 10.2. The Kier molecular flexibility index (Phi) is 5.97. The number of hydrogen-bond acceptors (Lipinski definition) is 5. The summed E-state index contributed by atoms with van der Waals surface area (Å²) in [5, 5.41) is 3.62. The van der Waals surface area contributed by atoms with Crippen LogP contribution in [0.15, 0.2) is 53.7 Å². The number of anilines is 1. The molecule has 0 aliphatic rings. The average Bonchev–Trinajstić information content (AvgIpc) is 2.55. The summed E-state index contributed by atoms with van der Waals surface area (Å²) < 4.78 is 4.69. The fourth-order valence-electron chi connectivity index (χ4n) is 1.77. The second-order valence-corrected chi connectivity index (χ2v) is 5.47. The van der Waals surface area contributed by atoms with Gasteiger partial charge in [0.15, 0.2) is 0 Å². The summed E-state index contributed by atoms with van der Waals surface area (Å²) in [6, 6.07) is 12.4. The van der Waals surface area contributed by atoms with Crippen molar-refractivity contribution in [2.45, 2.75) is 11.4 Å². The summed E-state index contributed by atoms with van der Waals surface area (Å²) in [4.78, 5) is 27.8. The molecule has 0 fully saturated rings. The van der Waals surface area contributed by atoms with Crippen LogP contribution in [-0.2, 0) is 9.53 Å². The molecule has 0 bridgehead atoms. The summed E-state index contributed by atoms with van der Waals surface area (Å²) >= 11 is 1.51. The van der Waals surface area contributed by atoms with Crippen LogP contribution in [0.2, 0.25) is 0 Å². The molecule has 2 rings (SSSR count). The second kappa shape index (κ2) is 8.19. The zero-order valence-electron chi connectivity index (χ0n) is 12.1. The van der Waals surface area contributed by atoms with Gasteiger partial charge in [-0.25, -0.2) is 9.78 Å². The van der Waals surface area contributed by atoms with Crippen molar-refractivity contribution >= 4 is 29.3 Å². The summed E-state index contributed by atoms with van der Waals surface area (Å²) in [5.74, 6) is -0.0120. The van der Waals surface area contributed by atoms with Crippen molar-refractivity contribution < 1.29 is 14.3 Å². The van der Waals surface area contributed by atoms with Crippen molar-refractivity contribution in [2.75, 3.05) is 18.2 Å². The minimum absolute atomic E-state index is 0.153. The Morgan fingerprint density at radius 2 is 1.95 bits per heavy atom. The van der Waals surface area contributed by atoms with Gasteiger partial charge in [0.05, 0.1) is 23.4 Å². The molecular formula is C16H16N2O3S. The fourth-order valence-corrected chi connectivity index (χ4v) is 2.58. The van der Waals surface area contributed by atoms with Crippen LogP contribution in [0, 0.1) is 0 Å². The van der Waals surface area contributed by atoms with Gasteiger partial charge >= 0.3 is 5.97 Å². The Labute approximate surface area is 133 Å². The van der Waals surface area contributed by atoms with Crippen LogP contribution >= 0.6 is 11.8 Å². The number of pyridine rings is 1. The fraction of sp³-hybridized carbons (Fsp3) is 0.188. The van der Waals surface area contributed by atoms with Gasteiger partial charge in [0, 0.05) is 18.4 Å². The number of methoxy groups -OCH3 is 1. The number of esters is 1. The summed E-state index contributed by atoms with van der Waals surface area (Å²) in [7, 11) is 1.31. The number of nitrogens with one attached hydrogen (secondary N) is 1. The molecule has 0 aliphatic carbocycles. The lowest BCUT2D eigenvalue weighted by molar-refractivity contribution is -0.115. The molecule has 1 N–H and O–H groups in total. The molecule has 1 heterocycles. The quantitative estimate of drug-likeness (QED) is 0.655. The maximum absolute atomic E-state index is 12.0. The number of amides is 1. The van der Waals surface area contributed by atoms with E-state index in [1.165, 1.54) is 18.9 Å². The molecule has 0 saturated heterocycles. The predicted molar refractivity (Wildman–Crippen MR) is 86.0 cm³/mol. The molecular weight excluding hydrogens is 300 g/mol. The first kappa shape index (κ1) is 16.0. The van der Waals surface area contributed by atoms with Crippen LogP contribution in [0.3, 0.4) is 0 Å². The predicted octanol–water partition coefficient (Wildman–Crippen LogP) is 2.99. The van der Waals surface area contributed by atoms with E-state index >= 15 is 0 Å². The van der Waals surface area contributed by atoms with E-state index in [4.69, 9.17) is 4.74 Å². The van der Waals surface area contributed by atoms with Crippen molar-refractivity contribution in [2.24, 2.45) is 0 Å². The molecule has 0 unspecified atom stereocenters. The minimum atomic E-state index is -0.473. The number of aromatic nitrogens is 1. The van der Waals surface area contributed by atoms with Crippen molar-refractivity contribution in [1.82, 2.24) is 4.98 Å². The van der Waals surface area contributed by atoms with Gasteiger partial charge in [-0.2, -0.15) is 0 Å². The SMILES string of the molecule is COC(=O)c1ccccc1NC(=O)CCSc1ccccn1. The van der Waals surface area contributed by atoms with Crippen molar-refractivity contribution in [3.05, 3.63) is 54.2 Å². The van der Waals surface area contributed by atoms with Gasteiger partial charge in [0.1, 0.15) is 0 Å². The molecule has 0 spiro atoms. The van der Waals surface area contributed by atoms with Crippen molar-refractivity contribution in [3.63, 3.8) is 0 Å². The maximum Gasteiger partial charge on any atom is 0.339 e. The standard InChI is InChI=1S/C16H16N2O3S/c1-21-16(20)12-6-2-3-7-13(12)18-14(19)9-11-22-15-8-4-5-10-17-15/h2-8,10H,9,11H2,1H3,(H,18,19). The Balaban J connectivity index is 1.88. The smallest absolute Gasteiger partial charge is 0.339 e. The summed E-state index contributed by atoms with van der Waals surface area (Å²) in [6.45, 7) is 0. The Morgan fingerprint density at radius 1 is 1.18 bits per heavy atom. The third-order valence-electron chi connectivity index (χ3n) is 2.82. The molecule has 22 heavy (non-hydrogen) atoms. The number of para-hydroxylation sites is 1. The first-order valence-corrected chi connectivity index (χ1v) is 7.70. The van der Waals surface area contributed by atoms with E-state index in [0.717, 1.165) is 5.03 Å². The van der Waals surface area contributed by atoms with Gasteiger partial charge in [-0.1, -0.05) is 18.2 Å². The lowest BCUT2D eigenvalue weighted by Gasteiger charge is -2.09. The highest BCUT2D eigenvalue weighted by Gasteiger charge is 2.13. The van der Waals surface area contributed by atoms with Gasteiger partial charge in [-0.05, 0) is 24.3 Å². The monoisotopic (exact) mass is 316 g/mol. The molecule has 0 radical (unpaired) electrons. The highest BCUT2D eigenvalue weighted by molar-refractivity contribution is 7.99. The summed E-state index contributed by atoms with van der Waals surface area (Å²) in [6.07, 6.45) is 2.05. The maximum atomic E-state index is 12.0. The Morgan fingerprint density at radius 3 is 2.68 bits per heavy atom. The number of nitrogens with zero attached hydrogens (tertiary/aromatic N) is 1. The Bertz CT molecular complexity index is 647. The van der Waals surface area contributed by atoms with Crippen LogP contribution in [0.4, 0.5) is 5.69 Å². The van der Waals surface area contributed by atoms with Crippen molar-refractivity contribution in [3.8, 4) is 0 Å². The van der Waals surface area contributed by atoms with Gasteiger partial charge in [0.25, 0.3) is 0 Å². The van der Waals surface area contributed by atoms with Gasteiger partial charge < -0.3 is 10.1 Å². The highest BCUT2D eigenvalue weighted by Crippen LogP contribution is 2.18. The molecule has 1 amide bonds. The minimum Gasteiger partial charge on any atom is -0.465 e. The van der Waals surface area contributed by atoms with Crippen molar-refractivity contribution in [1.29, 1.82) is 0 Å². The number of carbonyl (C=O) groups excluding carboxylic acids is 2. The van der Waals surface area contributed by atoms with E-state index in [0.29, 0.717) is 23.4 Å². The molecule has 6 heteroatoms. The molecule has 0 atom stereocenters. The van der Waals surface area contributed by atoms with E-state index in [2.05, 4.69) is 10.3 Å². The van der Waals surface area contributed by atoms with E-state index in [-0.39, 0.29) is 5.91 Å². The molecule has 0 aliphatic heterocycles. The van der Waals surface area contributed by atoms with E-state index in [1.807, 2.05) is 18.2 Å². The van der Waals surface area contributed by atoms with E-state index in [9.17, 15) is 9.59 Å². The third kappa shape index (κ3) is 4.60. The van der Waals surface area contributed by atoms with Crippen LogP contribution in [-0.4, -0.2) is 29.7 Å². The van der Waals surface area contributed by atoms with Gasteiger partial charge in [0.2, 0.25) is 5.91 Å². The highest BCUT2D eigenvalue weighted by atomic mass is 32.2. The zero-order chi connectivity index (χ0) is 15.8. The Hall–Kier alpha value is -2.34. The van der Waals surface area contributed by atoms with Crippen LogP contribution in [0.1, 0.15) is 16.8 Å². The van der Waals surface area contributed by atoms with Crippen LogP contribution in [0.5, 0.6) is 0 Å². The lowest BCUT2D eigenvalue weighted by Crippen LogP contribution is -2.15. The molecule has 114 valence electrons. The molecule has 1 aromatic carbocycles. The van der Waals surface area contributed by atoms with Crippen LogP contribution in [0.25, 0.3) is 0 Å². The van der Waals surface area contributed by atoms with E-state index in [1.54, 1.807) is 30.5 Å². The number of benzene rings is 1. The van der Waals surface area contributed by atoms with E-state index < -0.39 is 5.97 Å². The summed E-state index contributed by atoms with van der Waals surface area (Å²) in [5.41, 5.74) is 0.804.